The Kier molecular flexibility index (Phi) is 4.48. The predicted molar refractivity (Wildman–Crippen MR) is 106 cm³/mol. The monoisotopic (exact) mass is 381 g/mol. The molecule has 4 rings (SSSR count). The second-order valence-electron chi connectivity index (χ2n) is 7.10. The summed E-state index contributed by atoms with van der Waals surface area (Å²) in [5, 5.41) is 7.50. The molecule has 0 saturated carbocycles. The number of hydrazone groups is 1. The van der Waals surface area contributed by atoms with Gasteiger partial charge in [-0.3, -0.25) is 4.79 Å². The maximum atomic E-state index is 12.8. The number of hydrogen-bond donors (Lipinski definition) is 0. The first-order chi connectivity index (χ1) is 13.0. The van der Waals surface area contributed by atoms with E-state index in [9.17, 15) is 4.79 Å². The fourth-order valence-electron chi connectivity index (χ4n) is 3.39. The van der Waals surface area contributed by atoms with Gasteiger partial charge in [0.2, 0.25) is 5.91 Å². The number of halogens is 1. The molecule has 2 aromatic heterocycles. The number of fused-ring (bicyclic) bond motifs is 1. The van der Waals surface area contributed by atoms with E-state index in [1.807, 2.05) is 57.2 Å². The number of nitrogens with zero attached hydrogens (tertiary/aromatic N) is 3. The van der Waals surface area contributed by atoms with E-state index >= 15 is 0 Å². The Morgan fingerprint density at radius 1 is 1.30 bits per heavy atom. The minimum absolute atomic E-state index is 0.0537. The normalized spacial score (nSPS) is 17.0. The molecule has 138 valence electrons. The maximum absolute atomic E-state index is 12.8. The highest BCUT2D eigenvalue weighted by atomic mass is 35.5. The molecule has 1 aliphatic heterocycles. The zero-order valence-electron chi connectivity index (χ0n) is 15.4. The predicted octanol–water partition coefficient (Wildman–Crippen LogP) is 5.12. The molecule has 0 fully saturated rings. The molecule has 0 bridgehead atoms. The molecule has 0 aliphatic carbocycles. The molecule has 5 nitrogen and oxygen atoms in total. The van der Waals surface area contributed by atoms with Crippen molar-refractivity contribution in [3.63, 3.8) is 0 Å². The summed E-state index contributed by atoms with van der Waals surface area (Å²) in [5.74, 6) is 0.434. The van der Waals surface area contributed by atoms with Crippen molar-refractivity contribution in [2.24, 2.45) is 11.0 Å². The lowest BCUT2D eigenvalue weighted by Gasteiger charge is -2.24. The van der Waals surface area contributed by atoms with Gasteiger partial charge in [0.1, 0.15) is 16.6 Å². The molecule has 3 aromatic rings. The summed E-state index contributed by atoms with van der Waals surface area (Å²) in [5.41, 5.74) is 3.47. The Balaban J connectivity index is 1.80. The molecule has 1 aliphatic rings. The van der Waals surface area contributed by atoms with Crippen LogP contribution in [-0.4, -0.2) is 21.6 Å². The first-order valence-corrected chi connectivity index (χ1v) is 9.33. The van der Waals surface area contributed by atoms with E-state index in [0.29, 0.717) is 17.3 Å². The lowest BCUT2D eigenvalue weighted by Crippen LogP contribution is -2.30. The molecule has 0 radical (unpaired) electrons. The summed E-state index contributed by atoms with van der Waals surface area (Å²) in [6.45, 7) is 5.74. The summed E-state index contributed by atoms with van der Waals surface area (Å²) in [7, 11) is 0. The second-order valence-corrected chi connectivity index (χ2v) is 7.45. The Morgan fingerprint density at radius 2 is 2.11 bits per heavy atom. The van der Waals surface area contributed by atoms with Crippen LogP contribution in [0.3, 0.4) is 0 Å². The van der Waals surface area contributed by atoms with Crippen LogP contribution in [0, 0.1) is 12.8 Å². The van der Waals surface area contributed by atoms with Crippen molar-refractivity contribution in [2.75, 3.05) is 0 Å². The van der Waals surface area contributed by atoms with E-state index < -0.39 is 0 Å². The van der Waals surface area contributed by atoms with Crippen molar-refractivity contribution >= 4 is 34.1 Å². The summed E-state index contributed by atoms with van der Waals surface area (Å²) in [6, 6.07) is 11.4. The number of furan rings is 1. The van der Waals surface area contributed by atoms with Gasteiger partial charge >= 0.3 is 0 Å². The van der Waals surface area contributed by atoms with Gasteiger partial charge in [0, 0.05) is 23.3 Å². The molecule has 1 atom stereocenters. The number of amides is 1. The van der Waals surface area contributed by atoms with Crippen LogP contribution in [0.15, 0.2) is 52.2 Å². The van der Waals surface area contributed by atoms with Gasteiger partial charge in [-0.25, -0.2) is 9.99 Å². The highest BCUT2D eigenvalue weighted by Gasteiger charge is 2.36. The second kappa shape index (κ2) is 6.82. The van der Waals surface area contributed by atoms with E-state index in [4.69, 9.17) is 16.0 Å². The first-order valence-electron chi connectivity index (χ1n) is 8.96. The summed E-state index contributed by atoms with van der Waals surface area (Å²) in [4.78, 5) is 17.4. The van der Waals surface area contributed by atoms with Crippen LogP contribution in [0.4, 0.5) is 0 Å². The van der Waals surface area contributed by atoms with E-state index in [2.05, 4.69) is 10.1 Å². The van der Waals surface area contributed by atoms with Crippen LogP contribution in [0.1, 0.15) is 43.2 Å². The highest BCUT2D eigenvalue weighted by molar-refractivity contribution is 6.30. The summed E-state index contributed by atoms with van der Waals surface area (Å²) in [6.07, 6.45) is 2.14. The van der Waals surface area contributed by atoms with E-state index in [1.54, 1.807) is 6.26 Å². The lowest BCUT2D eigenvalue weighted by molar-refractivity contribution is -0.136. The van der Waals surface area contributed by atoms with Gasteiger partial charge in [-0.15, -0.1) is 0 Å². The van der Waals surface area contributed by atoms with Gasteiger partial charge < -0.3 is 4.42 Å². The number of carbonyl (C=O) groups is 1. The standard InChI is InChI=1S/C21H20ClN3O2/c1-12(2)21(26)25-17(11-16(24-25)18-8-5-9-27-18)15-10-14-7-4-6-13(3)19(14)23-20(15)22/h4-10,12,17H,11H2,1-3H3/t17-/m1/s1. The molecular weight excluding hydrogens is 362 g/mol. The van der Waals surface area contributed by atoms with E-state index in [0.717, 1.165) is 27.7 Å². The Bertz CT molecular complexity index is 1040. The smallest absolute Gasteiger partial charge is 0.245 e. The van der Waals surface area contributed by atoms with Gasteiger partial charge in [-0.2, -0.15) is 5.10 Å². The summed E-state index contributed by atoms with van der Waals surface area (Å²) < 4.78 is 5.49. The van der Waals surface area contributed by atoms with Gasteiger partial charge in [0.25, 0.3) is 0 Å². The average Bonchev–Trinajstić information content (AvgIpc) is 3.31. The third-order valence-electron chi connectivity index (χ3n) is 4.82. The SMILES string of the molecule is Cc1cccc2cc([C@H]3CC(c4ccco4)=NN3C(=O)C(C)C)c(Cl)nc12. The van der Waals surface area contributed by atoms with Crippen LogP contribution in [0.25, 0.3) is 10.9 Å². The molecule has 0 unspecified atom stereocenters. The number of pyridine rings is 1. The molecule has 1 amide bonds. The van der Waals surface area contributed by atoms with Gasteiger partial charge in [0.15, 0.2) is 0 Å². The van der Waals surface area contributed by atoms with Gasteiger partial charge in [-0.1, -0.05) is 43.6 Å². The molecule has 27 heavy (non-hydrogen) atoms. The van der Waals surface area contributed by atoms with Crippen molar-refractivity contribution in [3.8, 4) is 0 Å². The number of aromatic nitrogens is 1. The third kappa shape index (κ3) is 3.12. The quantitative estimate of drug-likeness (QED) is 0.591. The topological polar surface area (TPSA) is 58.7 Å². The molecule has 0 saturated heterocycles. The Labute approximate surface area is 162 Å². The van der Waals surface area contributed by atoms with E-state index in [1.165, 1.54) is 5.01 Å². The number of hydrogen-bond acceptors (Lipinski definition) is 4. The Morgan fingerprint density at radius 3 is 2.81 bits per heavy atom. The lowest BCUT2D eigenvalue weighted by atomic mass is 9.99. The van der Waals surface area contributed by atoms with Crippen LogP contribution in [0.2, 0.25) is 5.15 Å². The molecular formula is C21H20ClN3O2. The molecule has 6 heteroatoms. The third-order valence-corrected chi connectivity index (χ3v) is 5.13. The maximum Gasteiger partial charge on any atom is 0.245 e. The Hall–Kier alpha value is -2.66. The zero-order valence-corrected chi connectivity index (χ0v) is 16.2. The van der Waals surface area contributed by atoms with Crippen molar-refractivity contribution in [1.29, 1.82) is 0 Å². The molecule has 3 heterocycles. The summed E-state index contributed by atoms with van der Waals surface area (Å²) >= 11 is 6.55. The van der Waals surface area contributed by atoms with E-state index in [-0.39, 0.29) is 17.9 Å². The fraction of sp³-hybridized carbons (Fsp3) is 0.286. The zero-order chi connectivity index (χ0) is 19.1. The largest absolute Gasteiger partial charge is 0.463 e. The number of benzene rings is 1. The van der Waals surface area contributed by atoms with Crippen molar-refractivity contribution in [1.82, 2.24) is 9.99 Å². The van der Waals surface area contributed by atoms with Crippen LogP contribution >= 0.6 is 11.6 Å². The fourth-order valence-corrected chi connectivity index (χ4v) is 3.65. The number of carbonyl (C=O) groups excluding carboxylic acids is 1. The van der Waals surface area contributed by atoms with Crippen molar-refractivity contribution in [3.05, 3.63) is 64.7 Å². The average molecular weight is 382 g/mol. The van der Waals surface area contributed by atoms with Crippen LogP contribution in [-0.2, 0) is 4.79 Å². The minimum atomic E-state index is -0.301. The van der Waals surface area contributed by atoms with Crippen molar-refractivity contribution in [2.45, 2.75) is 33.2 Å². The van der Waals surface area contributed by atoms with Crippen LogP contribution in [0.5, 0.6) is 0 Å². The minimum Gasteiger partial charge on any atom is -0.463 e. The molecule has 0 N–H and O–H groups in total. The number of aryl methyl sites for hydroxylation is 1. The first kappa shape index (κ1) is 17.7. The number of rotatable bonds is 3. The molecule has 1 aromatic carbocycles. The number of para-hydroxylation sites is 1. The molecule has 0 spiro atoms. The highest BCUT2D eigenvalue weighted by Crippen LogP contribution is 2.38. The van der Waals surface area contributed by atoms with Crippen molar-refractivity contribution < 1.29 is 9.21 Å². The van der Waals surface area contributed by atoms with Crippen LogP contribution < -0.4 is 0 Å². The van der Waals surface area contributed by atoms with Gasteiger partial charge in [-0.05, 0) is 30.7 Å². The van der Waals surface area contributed by atoms with Gasteiger partial charge in [0.05, 0.1) is 17.8 Å².